The van der Waals surface area contributed by atoms with E-state index in [1.165, 1.54) is 5.69 Å². The number of fused-ring (bicyclic) bond motifs is 1. The van der Waals surface area contributed by atoms with E-state index < -0.39 is 0 Å². The van der Waals surface area contributed by atoms with Crippen molar-refractivity contribution in [2.45, 2.75) is 19.3 Å². The summed E-state index contributed by atoms with van der Waals surface area (Å²) in [5, 5.41) is 3.19. The number of imidazole rings is 1. The highest BCUT2D eigenvalue weighted by Crippen LogP contribution is 2.24. The zero-order valence-corrected chi connectivity index (χ0v) is 20.6. The minimum Gasteiger partial charge on any atom is -0.497 e. The van der Waals surface area contributed by atoms with Crippen molar-refractivity contribution in [3.63, 3.8) is 0 Å². The van der Waals surface area contributed by atoms with Gasteiger partial charge in [-0.2, -0.15) is 0 Å². The molecule has 0 bridgehead atoms. The van der Waals surface area contributed by atoms with Crippen LogP contribution in [0.5, 0.6) is 5.75 Å². The maximum atomic E-state index is 12.8. The average molecular weight is 477 g/mol. The Balaban J connectivity index is 1.02. The number of hydrogen-bond donors (Lipinski definition) is 2. The number of benzene rings is 2. The van der Waals surface area contributed by atoms with Crippen LogP contribution in [-0.4, -0.2) is 80.2 Å². The third-order valence-corrected chi connectivity index (χ3v) is 7.23. The van der Waals surface area contributed by atoms with Gasteiger partial charge >= 0.3 is 0 Å². The lowest BCUT2D eigenvalue weighted by Gasteiger charge is -2.36. The molecular formula is C27H36N6O2. The quantitative estimate of drug-likeness (QED) is 0.487. The Labute approximate surface area is 207 Å². The van der Waals surface area contributed by atoms with Crippen LogP contribution in [0.3, 0.4) is 0 Å². The van der Waals surface area contributed by atoms with Crippen LogP contribution in [0.4, 0.5) is 11.6 Å². The van der Waals surface area contributed by atoms with Crippen molar-refractivity contribution in [2.75, 3.05) is 69.3 Å². The smallest absolute Gasteiger partial charge is 0.224 e. The molecule has 2 aliphatic rings. The van der Waals surface area contributed by atoms with E-state index in [4.69, 9.17) is 9.72 Å². The molecular weight excluding hydrogens is 440 g/mol. The van der Waals surface area contributed by atoms with E-state index in [0.717, 1.165) is 94.4 Å². The number of aromatic amines is 1. The summed E-state index contributed by atoms with van der Waals surface area (Å²) >= 11 is 0. The largest absolute Gasteiger partial charge is 0.497 e. The third-order valence-electron chi connectivity index (χ3n) is 7.23. The molecule has 8 heteroatoms. The number of carbonyl (C=O) groups excluding carboxylic acids is 1. The molecule has 186 valence electrons. The molecule has 5 rings (SSSR count). The van der Waals surface area contributed by atoms with Crippen molar-refractivity contribution in [1.29, 1.82) is 0 Å². The lowest BCUT2D eigenvalue weighted by atomic mass is 9.97. The summed E-state index contributed by atoms with van der Waals surface area (Å²) in [4.78, 5) is 28.1. The molecule has 2 fully saturated rings. The number of aromatic nitrogens is 2. The van der Waals surface area contributed by atoms with Gasteiger partial charge in [0.25, 0.3) is 0 Å². The first-order valence-corrected chi connectivity index (χ1v) is 12.8. The van der Waals surface area contributed by atoms with E-state index in [0.29, 0.717) is 0 Å². The molecule has 0 aliphatic carbocycles. The SMILES string of the molecule is COc1ccc(N2CCN(CCCNC(=O)[C@H]3CCCN(c4nc5ccccc5[nH]4)C3)CC2)cc1. The molecule has 0 saturated carbocycles. The minimum atomic E-state index is 0.0185. The molecule has 2 N–H and O–H groups in total. The number of rotatable bonds is 8. The van der Waals surface area contributed by atoms with Gasteiger partial charge in [-0.25, -0.2) is 4.98 Å². The Morgan fingerprint density at radius 2 is 1.86 bits per heavy atom. The van der Waals surface area contributed by atoms with Gasteiger partial charge in [-0.3, -0.25) is 9.69 Å². The van der Waals surface area contributed by atoms with Crippen molar-refractivity contribution in [3.05, 3.63) is 48.5 Å². The summed E-state index contributed by atoms with van der Waals surface area (Å²) in [5.74, 6) is 1.96. The second-order valence-electron chi connectivity index (χ2n) is 9.53. The number of anilines is 2. The van der Waals surface area contributed by atoms with Crippen LogP contribution in [0.1, 0.15) is 19.3 Å². The van der Waals surface area contributed by atoms with Crippen molar-refractivity contribution in [1.82, 2.24) is 20.2 Å². The predicted octanol–water partition coefficient (Wildman–Crippen LogP) is 3.12. The van der Waals surface area contributed by atoms with Gasteiger partial charge in [0.05, 0.1) is 24.1 Å². The number of carbonyl (C=O) groups is 1. The Morgan fingerprint density at radius 1 is 1.06 bits per heavy atom. The number of nitrogens with one attached hydrogen (secondary N) is 2. The molecule has 35 heavy (non-hydrogen) atoms. The van der Waals surface area contributed by atoms with Crippen LogP contribution in [0, 0.1) is 5.92 Å². The van der Waals surface area contributed by atoms with Gasteiger partial charge in [0.1, 0.15) is 5.75 Å². The highest BCUT2D eigenvalue weighted by molar-refractivity contribution is 5.80. The fourth-order valence-corrected chi connectivity index (χ4v) is 5.15. The third kappa shape index (κ3) is 5.70. The Morgan fingerprint density at radius 3 is 2.63 bits per heavy atom. The summed E-state index contributed by atoms with van der Waals surface area (Å²) in [6, 6.07) is 16.4. The second kappa shape index (κ2) is 11.0. The van der Waals surface area contributed by atoms with Gasteiger partial charge in [0.2, 0.25) is 11.9 Å². The summed E-state index contributed by atoms with van der Waals surface area (Å²) in [5.41, 5.74) is 3.26. The first-order valence-electron chi connectivity index (χ1n) is 12.8. The molecule has 2 aromatic carbocycles. The number of piperazine rings is 1. The van der Waals surface area contributed by atoms with Crippen LogP contribution >= 0.6 is 0 Å². The normalized spacial score (nSPS) is 19.2. The van der Waals surface area contributed by atoms with Crippen LogP contribution in [0.15, 0.2) is 48.5 Å². The Kier molecular flexibility index (Phi) is 7.37. The first-order chi connectivity index (χ1) is 17.2. The van der Waals surface area contributed by atoms with Gasteiger partial charge in [-0.05, 0) is 62.2 Å². The van der Waals surface area contributed by atoms with E-state index in [-0.39, 0.29) is 11.8 Å². The van der Waals surface area contributed by atoms with E-state index in [2.05, 4.69) is 37.1 Å². The predicted molar refractivity (Wildman–Crippen MR) is 140 cm³/mol. The standard InChI is InChI=1S/C27H36N6O2/c1-35-23-11-9-22(10-12-23)32-18-16-31(17-19-32)14-5-13-28-26(34)21-6-4-15-33(20-21)27-29-24-7-2-3-8-25(24)30-27/h2-3,7-12,21H,4-6,13-20H2,1H3,(H,28,34)(H,29,30)/t21-/m0/s1. The fourth-order valence-electron chi connectivity index (χ4n) is 5.15. The number of nitrogens with zero attached hydrogens (tertiary/aromatic N) is 4. The summed E-state index contributed by atoms with van der Waals surface area (Å²) < 4.78 is 5.26. The zero-order valence-electron chi connectivity index (χ0n) is 20.6. The lowest BCUT2D eigenvalue weighted by Crippen LogP contribution is -2.47. The maximum Gasteiger partial charge on any atom is 0.224 e. The monoisotopic (exact) mass is 476 g/mol. The van der Waals surface area contributed by atoms with Crippen molar-refractivity contribution in [3.8, 4) is 5.75 Å². The van der Waals surface area contributed by atoms with Crippen LogP contribution in [-0.2, 0) is 4.79 Å². The number of amides is 1. The van der Waals surface area contributed by atoms with Crippen molar-refractivity contribution in [2.24, 2.45) is 5.92 Å². The fraction of sp³-hybridized carbons (Fsp3) is 0.481. The molecule has 3 heterocycles. The topological polar surface area (TPSA) is 76.7 Å². The molecule has 3 aromatic rings. The van der Waals surface area contributed by atoms with Crippen LogP contribution in [0.25, 0.3) is 11.0 Å². The number of para-hydroxylation sites is 2. The van der Waals surface area contributed by atoms with Gasteiger partial charge in [0, 0.05) is 51.5 Å². The van der Waals surface area contributed by atoms with E-state index in [1.54, 1.807) is 7.11 Å². The van der Waals surface area contributed by atoms with E-state index in [9.17, 15) is 4.79 Å². The molecule has 0 radical (unpaired) electrons. The molecule has 1 atom stereocenters. The van der Waals surface area contributed by atoms with Gasteiger partial charge in [-0.1, -0.05) is 12.1 Å². The molecule has 0 spiro atoms. The van der Waals surface area contributed by atoms with E-state index in [1.807, 2.05) is 36.4 Å². The molecule has 2 aliphatic heterocycles. The number of ether oxygens (including phenoxy) is 1. The number of methoxy groups -OCH3 is 1. The average Bonchev–Trinajstić information content (AvgIpc) is 3.36. The molecule has 1 aromatic heterocycles. The summed E-state index contributed by atoms with van der Waals surface area (Å²) in [6.07, 6.45) is 2.93. The number of H-pyrrole nitrogens is 1. The number of piperidine rings is 1. The number of hydrogen-bond acceptors (Lipinski definition) is 6. The van der Waals surface area contributed by atoms with Gasteiger partial charge < -0.3 is 24.8 Å². The van der Waals surface area contributed by atoms with Crippen molar-refractivity contribution < 1.29 is 9.53 Å². The maximum absolute atomic E-state index is 12.8. The molecule has 8 nitrogen and oxygen atoms in total. The molecule has 1 amide bonds. The van der Waals surface area contributed by atoms with E-state index >= 15 is 0 Å². The zero-order chi connectivity index (χ0) is 24.0. The molecule has 0 unspecified atom stereocenters. The Bertz CT molecular complexity index is 1070. The van der Waals surface area contributed by atoms with Gasteiger partial charge in [-0.15, -0.1) is 0 Å². The minimum absolute atomic E-state index is 0.0185. The van der Waals surface area contributed by atoms with Crippen LogP contribution in [0.2, 0.25) is 0 Å². The Hall–Kier alpha value is -3.26. The van der Waals surface area contributed by atoms with Crippen LogP contribution < -0.4 is 19.9 Å². The first kappa shape index (κ1) is 23.5. The van der Waals surface area contributed by atoms with Crippen molar-refractivity contribution >= 4 is 28.6 Å². The summed E-state index contributed by atoms with van der Waals surface area (Å²) in [7, 11) is 1.70. The highest BCUT2D eigenvalue weighted by atomic mass is 16.5. The summed E-state index contributed by atoms with van der Waals surface area (Å²) in [6.45, 7) is 7.57. The second-order valence-corrected chi connectivity index (χ2v) is 9.53. The lowest BCUT2D eigenvalue weighted by molar-refractivity contribution is -0.125. The highest BCUT2D eigenvalue weighted by Gasteiger charge is 2.27. The molecule has 2 saturated heterocycles. The van der Waals surface area contributed by atoms with Gasteiger partial charge in [0.15, 0.2) is 0 Å².